The summed E-state index contributed by atoms with van der Waals surface area (Å²) in [5, 5.41) is 0. The van der Waals surface area contributed by atoms with E-state index in [1.807, 2.05) is 0 Å². The molecule has 0 N–H and O–H groups in total. The molecule has 0 unspecified atom stereocenters. The van der Waals surface area contributed by atoms with Gasteiger partial charge in [0.15, 0.2) is 0 Å². The molecular weight excluding hydrogens is 230 g/mol. The van der Waals surface area contributed by atoms with Gasteiger partial charge in [-0.15, -0.1) is 0 Å². The first-order valence-corrected chi connectivity index (χ1v) is 6.45. The van der Waals surface area contributed by atoms with Crippen LogP contribution in [0.15, 0.2) is 24.3 Å². The fraction of sp³-hybridized carbons (Fsp3) is 0.300. The minimum absolute atomic E-state index is 0.133. The number of sulfonamides is 1. The van der Waals surface area contributed by atoms with E-state index >= 15 is 0 Å². The summed E-state index contributed by atoms with van der Waals surface area (Å²) in [5.41, 5.74) is 0.292. The van der Waals surface area contributed by atoms with Crippen LogP contribution in [0, 0.1) is 0 Å². The van der Waals surface area contributed by atoms with Crippen LogP contribution in [0.2, 0.25) is 0 Å². The summed E-state index contributed by atoms with van der Waals surface area (Å²) in [6.45, 7) is 1.62. The summed E-state index contributed by atoms with van der Waals surface area (Å²) >= 11 is 0. The zero-order valence-electron chi connectivity index (χ0n) is 8.71. The molecule has 86 valence electrons. The molecule has 6 heteroatoms. The maximum atomic E-state index is 11.7. The van der Waals surface area contributed by atoms with Crippen molar-refractivity contribution in [3.63, 3.8) is 0 Å². The van der Waals surface area contributed by atoms with E-state index in [2.05, 4.69) is 0 Å². The van der Waals surface area contributed by atoms with E-state index in [9.17, 15) is 13.2 Å². The predicted octanol–water partition coefficient (Wildman–Crippen LogP) is 1.11. The minimum atomic E-state index is -3.69. The predicted molar refractivity (Wildman–Crippen MR) is 58.6 cm³/mol. The summed E-state index contributed by atoms with van der Waals surface area (Å²) in [7, 11) is -3.69. The topological polar surface area (TPSA) is 63.7 Å². The molecule has 0 saturated carbocycles. The molecule has 1 aliphatic rings. The molecular formula is C10H11NO4S. The number of fused-ring (bicyclic) bond motifs is 1. The van der Waals surface area contributed by atoms with Gasteiger partial charge in [0, 0.05) is 6.42 Å². The number of anilines is 1. The maximum Gasteiger partial charge on any atom is 0.277 e. The molecule has 0 atom stereocenters. The van der Waals surface area contributed by atoms with Crippen molar-refractivity contribution in [3.8, 4) is 5.75 Å². The molecule has 1 aromatic carbocycles. The number of nitrogens with zero attached hydrogens (tertiary/aromatic N) is 1. The minimum Gasteiger partial charge on any atom is -0.474 e. The van der Waals surface area contributed by atoms with Gasteiger partial charge in [-0.25, -0.2) is 12.7 Å². The molecule has 1 heterocycles. The summed E-state index contributed by atoms with van der Waals surface area (Å²) in [6.07, 6.45) is 0.133. The number of benzene rings is 1. The monoisotopic (exact) mass is 241 g/mol. The molecule has 0 spiro atoms. The van der Waals surface area contributed by atoms with Gasteiger partial charge in [0.1, 0.15) is 11.4 Å². The van der Waals surface area contributed by atoms with Gasteiger partial charge in [-0.3, -0.25) is 4.79 Å². The van der Waals surface area contributed by atoms with Crippen LogP contribution in [0.1, 0.15) is 13.3 Å². The van der Waals surface area contributed by atoms with Crippen LogP contribution in [0.25, 0.3) is 0 Å². The molecule has 0 aliphatic carbocycles. The average Bonchev–Trinajstić information content (AvgIpc) is 2.27. The summed E-state index contributed by atoms with van der Waals surface area (Å²) in [4.78, 5) is 11.6. The number of hydrogen-bond acceptors (Lipinski definition) is 4. The van der Waals surface area contributed by atoms with Gasteiger partial charge < -0.3 is 4.74 Å². The molecule has 2 rings (SSSR count). The number of hydrogen-bond donors (Lipinski definition) is 0. The van der Waals surface area contributed by atoms with Gasteiger partial charge in [-0.2, -0.15) is 0 Å². The second-order valence-corrected chi connectivity index (χ2v) is 5.12. The van der Waals surface area contributed by atoms with Gasteiger partial charge >= 0.3 is 0 Å². The van der Waals surface area contributed by atoms with E-state index in [0.717, 1.165) is 4.31 Å². The Balaban J connectivity index is 2.58. The number of rotatable bonds is 1. The lowest BCUT2D eigenvalue weighted by Gasteiger charge is -2.28. The first kappa shape index (κ1) is 10.9. The average molecular weight is 241 g/mol. The highest BCUT2D eigenvalue weighted by atomic mass is 32.2. The summed E-state index contributed by atoms with van der Waals surface area (Å²) in [6, 6.07) is 6.59. The molecule has 1 aromatic rings. The van der Waals surface area contributed by atoms with Gasteiger partial charge in [0.2, 0.25) is 11.8 Å². The lowest BCUT2D eigenvalue weighted by molar-refractivity contribution is -0.117. The molecule has 1 amide bonds. The van der Waals surface area contributed by atoms with Crippen molar-refractivity contribution in [2.45, 2.75) is 13.3 Å². The fourth-order valence-corrected chi connectivity index (χ4v) is 2.79. The Labute approximate surface area is 93.7 Å². The Morgan fingerprint density at radius 3 is 2.81 bits per heavy atom. The Kier molecular flexibility index (Phi) is 2.59. The van der Waals surface area contributed by atoms with Crippen LogP contribution in [0.5, 0.6) is 5.75 Å². The molecule has 0 radical (unpaired) electrons. The van der Waals surface area contributed by atoms with E-state index in [1.165, 1.54) is 0 Å². The van der Waals surface area contributed by atoms with Crippen LogP contribution >= 0.6 is 0 Å². The van der Waals surface area contributed by atoms with Crippen molar-refractivity contribution in [2.75, 3.05) is 10.2 Å². The molecule has 1 aliphatic heterocycles. The smallest absolute Gasteiger partial charge is 0.277 e. The molecule has 0 aromatic heterocycles. The molecule has 0 fully saturated rings. The van der Waals surface area contributed by atoms with Crippen molar-refractivity contribution in [1.29, 1.82) is 0 Å². The first-order valence-electron chi connectivity index (χ1n) is 4.84. The van der Waals surface area contributed by atoms with Crippen molar-refractivity contribution in [3.05, 3.63) is 24.3 Å². The Morgan fingerprint density at radius 1 is 1.44 bits per heavy atom. The second-order valence-electron chi connectivity index (χ2n) is 3.35. The van der Waals surface area contributed by atoms with E-state index in [1.54, 1.807) is 31.2 Å². The van der Waals surface area contributed by atoms with Crippen molar-refractivity contribution in [2.24, 2.45) is 0 Å². The maximum absolute atomic E-state index is 11.7. The third-order valence-corrected chi connectivity index (χ3v) is 3.63. The molecule has 0 bridgehead atoms. The quantitative estimate of drug-likeness (QED) is 0.738. The van der Waals surface area contributed by atoms with Crippen LogP contribution in [0.3, 0.4) is 0 Å². The molecule has 16 heavy (non-hydrogen) atoms. The van der Waals surface area contributed by atoms with Crippen LogP contribution < -0.4 is 9.04 Å². The summed E-state index contributed by atoms with van der Waals surface area (Å²) < 4.78 is 29.4. The Morgan fingerprint density at radius 2 is 2.12 bits per heavy atom. The van der Waals surface area contributed by atoms with Crippen molar-refractivity contribution < 1.29 is 17.9 Å². The van der Waals surface area contributed by atoms with E-state index < -0.39 is 21.9 Å². The number of carbonyl (C=O) groups is 1. The van der Waals surface area contributed by atoms with Gasteiger partial charge in [0.25, 0.3) is 10.0 Å². The fourth-order valence-electron chi connectivity index (χ4n) is 1.52. The third-order valence-electron chi connectivity index (χ3n) is 2.25. The standard InChI is InChI=1S/C10H11NO4S/c1-2-10(12)11-8-5-3-4-6-9(8)15-7-16(11,13)14/h3-6H,2,7H2,1H3. The van der Waals surface area contributed by atoms with Gasteiger partial charge in [0.05, 0.1) is 0 Å². The van der Waals surface area contributed by atoms with Gasteiger partial charge in [-0.1, -0.05) is 19.1 Å². The second kappa shape index (κ2) is 3.79. The first-order chi connectivity index (χ1) is 7.56. The lowest BCUT2D eigenvalue weighted by Crippen LogP contribution is -2.42. The lowest BCUT2D eigenvalue weighted by atomic mass is 10.3. The van der Waals surface area contributed by atoms with E-state index in [-0.39, 0.29) is 6.42 Å². The third kappa shape index (κ3) is 1.65. The highest BCUT2D eigenvalue weighted by Crippen LogP contribution is 2.34. The largest absolute Gasteiger partial charge is 0.474 e. The zero-order valence-corrected chi connectivity index (χ0v) is 9.53. The van der Waals surface area contributed by atoms with Crippen LogP contribution in [0.4, 0.5) is 5.69 Å². The van der Waals surface area contributed by atoms with E-state index in [4.69, 9.17) is 4.74 Å². The van der Waals surface area contributed by atoms with Crippen LogP contribution in [-0.2, 0) is 14.8 Å². The highest BCUT2D eigenvalue weighted by molar-refractivity contribution is 7.93. The number of ether oxygens (including phenoxy) is 1. The Hall–Kier alpha value is -1.56. The number of amides is 1. The normalized spacial score (nSPS) is 17.4. The van der Waals surface area contributed by atoms with Crippen molar-refractivity contribution in [1.82, 2.24) is 0 Å². The molecule has 0 saturated heterocycles. The molecule has 5 nitrogen and oxygen atoms in total. The summed E-state index contributed by atoms with van der Waals surface area (Å²) in [5.74, 6) is -0.523. The van der Waals surface area contributed by atoms with Gasteiger partial charge in [-0.05, 0) is 12.1 Å². The zero-order chi connectivity index (χ0) is 11.8. The van der Waals surface area contributed by atoms with E-state index in [0.29, 0.717) is 11.4 Å². The Bertz CT molecular complexity index is 523. The number of para-hydroxylation sites is 2. The number of carbonyl (C=O) groups excluding carboxylic acids is 1. The highest BCUT2D eigenvalue weighted by Gasteiger charge is 2.34. The van der Waals surface area contributed by atoms with Crippen LogP contribution in [-0.4, -0.2) is 20.3 Å². The SMILES string of the molecule is CCC(=O)N1c2ccccc2OCS1(=O)=O. The van der Waals surface area contributed by atoms with Crippen molar-refractivity contribution >= 4 is 21.6 Å².